The van der Waals surface area contributed by atoms with Crippen LogP contribution in [0.25, 0.3) is 0 Å². The van der Waals surface area contributed by atoms with Crippen molar-refractivity contribution in [2.24, 2.45) is 0 Å². The summed E-state index contributed by atoms with van der Waals surface area (Å²) in [7, 11) is 4.38. The first-order chi connectivity index (χ1) is 5.81. The summed E-state index contributed by atoms with van der Waals surface area (Å²) < 4.78 is 0. The molecule has 0 aromatic carbocycles. The highest BCUT2D eigenvalue weighted by atomic mass is 15.2. The summed E-state index contributed by atoms with van der Waals surface area (Å²) in [5, 5.41) is 0. The van der Waals surface area contributed by atoms with E-state index < -0.39 is 0 Å². The van der Waals surface area contributed by atoms with Crippen LogP contribution in [0.15, 0.2) is 0 Å². The molecule has 0 unspecified atom stereocenters. The lowest BCUT2D eigenvalue weighted by Gasteiger charge is -2.39. The third-order valence-corrected chi connectivity index (χ3v) is 3.03. The molecule has 0 aliphatic rings. The Morgan fingerprint density at radius 3 is 1.92 bits per heavy atom. The fourth-order valence-electron chi connectivity index (χ4n) is 1.34. The standard InChI is InChI=1S/C11H26N2/c1-8-13(7)11(4,5)9-12(6)10(2)3/h10H,8-9H2,1-7H3. The van der Waals surface area contributed by atoms with Crippen molar-refractivity contribution in [1.29, 1.82) is 0 Å². The maximum absolute atomic E-state index is 2.40. The molecular formula is C11H26N2. The molecule has 0 aromatic rings. The van der Waals surface area contributed by atoms with E-state index in [-0.39, 0.29) is 5.54 Å². The van der Waals surface area contributed by atoms with Gasteiger partial charge in [0.2, 0.25) is 0 Å². The summed E-state index contributed by atoms with van der Waals surface area (Å²) in [4.78, 5) is 4.79. The molecule has 0 atom stereocenters. The van der Waals surface area contributed by atoms with Crippen molar-refractivity contribution >= 4 is 0 Å². The van der Waals surface area contributed by atoms with Gasteiger partial charge >= 0.3 is 0 Å². The van der Waals surface area contributed by atoms with Gasteiger partial charge in [0.25, 0.3) is 0 Å². The molecule has 2 nitrogen and oxygen atoms in total. The molecule has 0 heterocycles. The third kappa shape index (κ3) is 4.10. The Morgan fingerprint density at radius 1 is 1.15 bits per heavy atom. The topological polar surface area (TPSA) is 6.48 Å². The van der Waals surface area contributed by atoms with E-state index in [9.17, 15) is 0 Å². The zero-order valence-corrected chi connectivity index (χ0v) is 10.4. The van der Waals surface area contributed by atoms with Gasteiger partial charge in [-0.1, -0.05) is 6.92 Å². The molecule has 13 heavy (non-hydrogen) atoms. The number of hydrogen-bond donors (Lipinski definition) is 0. The minimum Gasteiger partial charge on any atom is -0.302 e. The number of likely N-dealkylation sites (N-methyl/N-ethyl adjacent to an activating group) is 2. The SMILES string of the molecule is CCN(C)C(C)(C)CN(C)C(C)C. The smallest absolute Gasteiger partial charge is 0.0277 e. The molecular weight excluding hydrogens is 160 g/mol. The van der Waals surface area contributed by atoms with Crippen LogP contribution in [-0.2, 0) is 0 Å². The summed E-state index contributed by atoms with van der Waals surface area (Å²) >= 11 is 0. The van der Waals surface area contributed by atoms with E-state index in [4.69, 9.17) is 0 Å². The number of hydrogen-bond acceptors (Lipinski definition) is 2. The van der Waals surface area contributed by atoms with Gasteiger partial charge in [-0.25, -0.2) is 0 Å². The minimum absolute atomic E-state index is 0.272. The largest absolute Gasteiger partial charge is 0.302 e. The summed E-state index contributed by atoms with van der Waals surface area (Å²) in [6, 6.07) is 0.629. The molecule has 0 aromatic heterocycles. The Bertz CT molecular complexity index is 141. The molecule has 0 amide bonds. The van der Waals surface area contributed by atoms with Gasteiger partial charge in [-0.3, -0.25) is 0 Å². The maximum atomic E-state index is 2.40. The van der Waals surface area contributed by atoms with Crippen molar-refractivity contribution in [3.8, 4) is 0 Å². The molecule has 0 N–H and O–H groups in total. The van der Waals surface area contributed by atoms with Crippen molar-refractivity contribution in [1.82, 2.24) is 9.80 Å². The maximum Gasteiger partial charge on any atom is 0.0277 e. The fourth-order valence-corrected chi connectivity index (χ4v) is 1.34. The van der Waals surface area contributed by atoms with Crippen molar-refractivity contribution < 1.29 is 0 Å². The monoisotopic (exact) mass is 186 g/mol. The van der Waals surface area contributed by atoms with E-state index in [1.165, 1.54) is 0 Å². The normalized spacial score (nSPS) is 13.4. The fraction of sp³-hybridized carbons (Fsp3) is 1.00. The quantitative estimate of drug-likeness (QED) is 0.648. The first kappa shape index (κ1) is 12.9. The first-order valence-electron chi connectivity index (χ1n) is 5.22. The van der Waals surface area contributed by atoms with Crippen molar-refractivity contribution in [2.75, 3.05) is 27.2 Å². The Kier molecular flexibility index (Phi) is 4.93. The molecule has 0 saturated heterocycles. The van der Waals surface area contributed by atoms with E-state index in [0.29, 0.717) is 6.04 Å². The highest BCUT2D eigenvalue weighted by Crippen LogP contribution is 2.14. The van der Waals surface area contributed by atoms with Gasteiger partial charge in [0, 0.05) is 18.1 Å². The van der Waals surface area contributed by atoms with Gasteiger partial charge in [-0.15, -0.1) is 0 Å². The van der Waals surface area contributed by atoms with Gasteiger partial charge in [0.15, 0.2) is 0 Å². The van der Waals surface area contributed by atoms with Crippen LogP contribution in [0.3, 0.4) is 0 Å². The zero-order chi connectivity index (χ0) is 10.6. The predicted octanol–water partition coefficient (Wildman–Crippen LogP) is 2.06. The second kappa shape index (κ2) is 4.97. The molecule has 0 spiro atoms. The third-order valence-electron chi connectivity index (χ3n) is 3.03. The van der Waals surface area contributed by atoms with E-state index >= 15 is 0 Å². The predicted molar refractivity (Wildman–Crippen MR) is 60.1 cm³/mol. The van der Waals surface area contributed by atoms with Crippen LogP contribution in [0.4, 0.5) is 0 Å². The second-order valence-corrected chi connectivity index (χ2v) is 4.84. The van der Waals surface area contributed by atoms with Gasteiger partial charge in [0.05, 0.1) is 0 Å². The molecule has 80 valence electrons. The van der Waals surface area contributed by atoms with Crippen LogP contribution in [0.2, 0.25) is 0 Å². The summed E-state index contributed by atoms with van der Waals surface area (Å²) in [6.45, 7) is 13.5. The van der Waals surface area contributed by atoms with Crippen LogP contribution in [0.1, 0.15) is 34.6 Å². The molecule has 2 heteroatoms. The molecule has 0 fully saturated rings. The van der Waals surface area contributed by atoms with Crippen molar-refractivity contribution in [2.45, 2.75) is 46.2 Å². The van der Waals surface area contributed by atoms with Gasteiger partial charge in [-0.2, -0.15) is 0 Å². The van der Waals surface area contributed by atoms with Crippen LogP contribution >= 0.6 is 0 Å². The average molecular weight is 186 g/mol. The van der Waals surface area contributed by atoms with Gasteiger partial charge in [0.1, 0.15) is 0 Å². The molecule has 0 rings (SSSR count). The summed E-state index contributed by atoms with van der Waals surface area (Å²) in [5.74, 6) is 0. The van der Waals surface area contributed by atoms with Crippen LogP contribution in [0, 0.1) is 0 Å². The van der Waals surface area contributed by atoms with E-state index in [0.717, 1.165) is 13.1 Å². The van der Waals surface area contributed by atoms with Crippen molar-refractivity contribution in [3.63, 3.8) is 0 Å². The van der Waals surface area contributed by atoms with E-state index in [1.807, 2.05) is 0 Å². The van der Waals surface area contributed by atoms with Crippen molar-refractivity contribution in [3.05, 3.63) is 0 Å². The van der Waals surface area contributed by atoms with Gasteiger partial charge < -0.3 is 9.80 Å². The molecule has 0 aliphatic carbocycles. The highest BCUT2D eigenvalue weighted by molar-refractivity contribution is 4.82. The Balaban J connectivity index is 4.15. The Hall–Kier alpha value is -0.0800. The number of nitrogens with zero attached hydrogens (tertiary/aromatic N) is 2. The second-order valence-electron chi connectivity index (χ2n) is 4.84. The van der Waals surface area contributed by atoms with Crippen LogP contribution in [0.5, 0.6) is 0 Å². The highest BCUT2D eigenvalue weighted by Gasteiger charge is 2.24. The first-order valence-corrected chi connectivity index (χ1v) is 5.22. The lowest BCUT2D eigenvalue weighted by molar-refractivity contribution is 0.101. The molecule has 0 radical (unpaired) electrons. The summed E-state index contributed by atoms with van der Waals surface area (Å²) in [6.07, 6.45) is 0. The zero-order valence-electron chi connectivity index (χ0n) is 10.4. The molecule has 0 saturated carbocycles. The van der Waals surface area contributed by atoms with E-state index in [2.05, 4.69) is 58.5 Å². The minimum atomic E-state index is 0.272. The lowest BCUT2D eigenvalue weighted by atomic mass is 10.0. The number of rotatable bonds is 5. The van der Waals surface area contributed by atoms with Crippen LogP contribution in [-0.4, -0.2) is 48.6 Å². The molecule has 0 bridgehead atoms. The summed E-state index contributed by atoms with van der Waals surface area (Å²) in [5.41, 5.74) is 0.272. The van der Waals surface area contributed by atoms with Gasteiger partial charge in [-0.05, 0) is 48.3 Å². The molecule has 0 aliphatic heterocycles. The van der Waals surface area contributed by atoms with Crippen LogP contribution < -0.4 is 0 Å². The Morgan fingerprint density at radius 2 is 1.62 bits per heavy atom. The Labute approximate surface area is 83.9 Å². The van der Waals surface area contributed by atoms with E-state index in [1.54, 1.807) is 0 Å². The lowest BCUT2D eigenvalue weighted by Crippen LogP contribution is -2.50. The average Bonchev–Trinajstić information content (AvgIpc) is 2.01.